The van der Waals surface area contributed by atoms with Crippen molar-refractivity contribution in [2.75, 3.05) is 13.1 Å². The van der Waals surface area contributed by atoms with Crippen molar-refractivity contribution >= 4 is 41.0 Å². The average Bonchev–Trinajstić information content (AvgIpc) is 2.69. The van der Waals surface area contributed by atoms with Gasteiger partial charge in [-0.1, -0.05) is 35.2 Å². The van der Waals surface area contributed by atoms with Crippen molar-refractivity contribution in [1.29, 1.82) is 0 Å². The Morgan fingerprint density at radius 3 is 2.74 bits per heavy atom. The Morgan fingerprint density at radius 2 is 2.13 bits per heavy atom. The van der Waals surface area contributed by atoms with Gasteiger partial charge in [-0.15, -0.1) is 6.42 Å². The van der Waals surface area contributed by atoms with E-state index in [4.69, 9.17) is 29.6 Å². The van der Waals surface area contributed by atoms with E-state index in [1.165, 1.54) is 13.0 Å². The molecule has 1 aliphatic rings. The number of urea groups is 1. The van der Waals surface area contributed by atoms with Gasteiger partial charge >= 0.3 is 6.03 Å². The Labute approximate surface area is 143 Å². The van der Waals surface area contributed by atoms with Gasteiger partial charge < -0.3 is 10.6 Å². The highest BCUT2D eigenvalue weighted by Crippen LogP contribution is 2.34. The molecule has 2 N–H and O–H groups in total. The van der Waals surface area contributed by atoms with Crippen LogP contribution in [0.5, 0.6) is 0 Å². The highest BCUT2D eigenvalue weighted by atomic mass is 35.5. The normalized spacial score (nSPS) is 20.2. The predicted molar refractivity (Wildman–Crippen MR) is 85.9 cm³/mol. The lowest BCUT2D eigenvalue weighted by atomic mass is 9.92. The van der Waals surface area contributed by atoms with Crippen LogP contribution in [-0.4, -0.2) is 35.8 Å². The molecule has 0 radical (unpaired) electrons. The van der Waals surface area contributed by atoms with Crippen molar-refractivity contribution in [3.05, 3.63) is 33.8 Å². The van der Waals surface area contributed by atoms with E-state index in [0.29, 0.717) is 10.6 Å². The molecule has 0 unspecified atom stereocenters. The first-order chi connectivity index (χ1) is 10.8. The monoisotopic (exact) mass is 353 g/mol. The number of amides is 4. The first-order valence-electron chi connectivity index (χ1n) is 6.59. The number of rotatable bonds is 4. The van der Waals surface area contributed by atoms with Gasteiger partial charge in [-0.3, -0.25) is 14.5 Å². The lowest BCUT2D eigenvalue weighted by Crippen LogP contribution is -2.43. The third-order valence-electron chi connectivity index (χ3n) is 3.43. The fourth-order valence-electron chi connectivity index (χ4n) is 2.27. The molecule has 1 aromatic rings. The zero-order valence-electron chi connectivity index (χ0n) is 12.2. The van der Waals surface area contributed by atoms with Crippen LogP contribution in [0.3, 0.4) is 0 Å². The summed E-state index contributed by atoms with van der Waals surface area (Å²) >= 11 is 12.0. The van der Waals surface area contributed by atoms with Crippen molar-refractivity contribution in [3.8, 4) is 12.3 Å². The van der Waals surface area contributed by atoms with E-state index in [-0.39, 0.29) is 11.6 Å². The van der Waals surface area contributed by atoms with Gasteiger partial charge in [-0.25, -0.2) is 4.79 Å². The van der Waals surface area contributed by atoms with E-state index < -0.39 is 29.9 Å². The maximum Gasteiger partial charge on any atom is 0.325 e. The van der Waals surface area contributed by atoms with E-state index in [1.807, 2.05) is 0 Å². The SMILES string of the molecule is C#CCNC(=O)CN1C(=O)N[C@](C)(c2ccc(Cl)cc2Cl)C1=O. The molecule has 23 heavy (non-hydrogen) atoms. The van der Waals surface area contributed by atoms with E-state index in [1.54, 1.807) is 12.1 Å². The smallest absolute Gasteiger partial charge is 0.325 e. The molecule has 0 saturated carbocycles. The molecule has 1 heterocycles. The molecule has 1 aromatic carbocycles. The molecule has 6 nitrogen and oxygen atoms in total. The van der Waals surface area contributed by atoms with Crippen LogP contribution in [0.2, 0.25) is 10.0 Å². The third kappa shape index (κ3) is 3.26. The van der Waals surface area contributed by atoms with Crippen molar-refractivity contribution in [1.82, 2.24) is 15.5 Å². The largest absolute Gasteiger partial charge is 0.344 e. The number of imide groups is 1. The molecule has 120 valence electrons. The Hall–Kier alpha value is -2.23. The predicted octanol–water partition coefficient (Wildman–Crippen LogP) is 1.51. The van der Waals surface area contributed by atoms with Gasteiger partial charge in [0.15, 0.2) is 0 Å². The summed E-state index contributed by atoms with van der Waals surface area (Å²) in [6.07, 6.45) is 5.04. The fraction of sp³-hybridized carbons (Fsp3) is 0.267. The van der Waals surface area contributed by atoms with Gasteiger partial charge in [0.05, 0.1) is 6.54 Å². The number of nitrogens with one attached hydrogen (secondary N) is 2. The van der Waals surface area contributed by atoms with Crippen LogP contribution in [-0.2, 0) is 15.1 Å². The molecule has 0 spiro atoms. The van der Waals surface area contributed by atoms with E-state index in [2.05, 4.69) is 16.6 Å². The third-order valence-corrected chi connectivity index (χ3v) is 3.98. The molecular weight excluding hydrogens is 341 g/mol. The standard InChI is InChI=1S/C15H13Cl2N3O3/c1-3-6-18-12(21)8-20-13(22)15(2,19-14(20)23)10-5-4-9(16)7-11(10)17/h1,4-5,7H,6,8H2,2H3,(H,18,21)(H,19,23)/t15-/m1/s1. The Bertz CT molecular complexity index is 729. The van der Waals surface area contributed by atoms with Crippen molar-refractivity contribution in [3.63, 3.8) is 0 Å². The van der Waals surface area contributed by atoms with Gasteiger partial charge in [-0.2, -0.15) is 0 Å². The Morgan fingerprint density at radius 1 is 1.43 bits per heavy atom. The minimum Gasteiger partial charge on any atom is -0.344 e. The quantitative estimate of drug-likeness (QED) is 0.636. The summed E-state index contributed by atoms with van der Waals surface area (Å²) < 4.78 is 0. The highest BCUT2D eigenvalue weighted by Gasteiger charge is 2.50. The zero-order chi connectivity index (χ0) is 17.2. The molecule has 1 atom stereocenters. The molecule has 0 aromatic heterocycles. The number of nitrogens with zero attached hydrogens (tertiary/aromatic N) is 1. The second-order valence-corrected chi connectivity index (χ2v) is 5.90. The molecular formula is C15H13Cl2N3O3. The number of carbonyl (C=O) groups is 3. The first-order valence-corrected chi connectivity index (χ1v) is 7.35. The molecule has 0 bridgehead atoms. The fourth-order valence-corrected chi connectivity index (χ4v) is 2.86. The van der Waals surface area contributed by atoms with Gasteiger partial charge in [-0.05, 0) is 19.1 Å². The van der Waals surface area contributed by atoms with Crippen LogP contribution >= 0.6 is 23.2 Å². The summed E-state index contributed by atoms with van der Waals surface area (Å²) in [5.41, 5.74) is -0.973. The van der Waals surface area contributed by atoms with E-state index in [9.17, 15) is 14.4 Å². The van der Waals surface area contributed by atoms with Crippen LogP contribution in [0.4, 0.5) is 4.79 Å². The van der Waals surface area contributed by atoms with Gasteiger partial charge in [0.25, 0.3) is 5.91 Å². The highest BCUT2D eigenvalue weighted by molar-refractivity contribution is 6.35. The number of hydrogen-bond donors (Lipinski definition) is 2. The molecule has 1 aliphatic heterocycles. The molecule has 8 heteroatoms. The van der Waals surface area contributed by atoms with Crippen LogP contribution < -0.4 is 10.6 Å². The second kappa shape index (κ2) is 6.49. The van der Waals surface area contributed by atoms with Gasteiger partial charge in [0, 0.05) is 15.6 Å². The van der Waals surface area contributed by atoms with Crippen LogP contribution in [0.15, 0.2) is 18.2 Å². The topological polar surface area (TPSA) is 78.5 Å². The lowest BCUT2D eigenvalue weighted by molar-refractivity contribution is -0.134. The summed E-state index contributed by atoms with van der Waals surface area (Å²) in [7, 11) is 0. The molecule has 1 fully saturated rings. The van der Waals surface area contributed by atoms with Crippen LogP contribution in [0, 0.1) is 12.3 Å². The minimum atomic E-state index is -1.37. The van der Waals surface area contributed by atoms with Crippen LogP contribution in [0.1, 0.15) is 12.5 Å². The lowest BCUT2D eigenvalue weighted by Gasteiger charge is -2.23. The Balaban J connectivity index is 2.26. The van der Waals surface area contributed by atoms with E-state index >= 15 is 0 Å². The minimum absolute atomic E-state index is 0.0166. The molecule has 2 rings (SSSR count). The number of hydrogen-bond acceptors (Lipinski definition) is 3. The summed E-state index contributed by atoms with van der Waals surface area (Å²) in [5.74, 6) is 1.12. The molecule has 0 aliphatic carbocycles. The zero-order valence-corrected chi connectivity index (χ0v) is 13.7. The number of benzene rings is 1. The van der Waals surface area contributed by atoms with Crippen molar-refractivity contribution in [2.24, 2.45) is 0 Å². The van der Waals surface area contributed by atoms with Gasteiger partial charge in [0.1, 0.15) is 12.1 Å². The molecule has 1 saturated heterocycles. The van der Waals surface area contributed by atoms with E-state index in [0.717, 1.165) is 4.90 Å². The summed E-state index contributed by atoms with van der Waals surface area (Å²) in [6, 6.07) is 3.92. The summed E-state index contributed by atoms with van der Waals surface area (Å²) in [4.78, 5) is 37.2. The molecule has 4 amide bonds. The summed E-state index contributed by atoms with van der Waals surface area (Å²) in [6.45, 7) is 1.11. The number of halogens is 2. The van der Waals surface area contributed by atoms with Crippen LogP contribution in [0.25, 0.3) is 0 Å². The Kier molecular flexibility index (Phi) is 4.83. The second-order valence-electron chi connectivity index (χ2n) is 5.05. The maximum absolute atomic E-state index is 12.6. The number of carbonyl (C=O) groups excluding carboxylic acids is 3. The maximum atomic E-state index is 12.6. The summed E-state index contributed by atoms with van der Waals surface area (Å²) in [5, 5.41) is 5.60. The number of terminal acetylenes is 1. The first kappa shape index (κ1) is 17.1. The van der Waals surface area contributed by atoms with Crippen molar-refractivity contribution in [2.45, 2.75) is 12.5 Å². The van der Waals surface area contributed by atoms with Gasteiger partial charge in [0.2, 0.25) is 5.91 Å². The van der Waals surface area contributed by atoms with Crippen molar-refractivity contribution < 1.29 is 14.4 Å². The average molecular weight is 354 g/mol.